The molecule has 2 N–H and O–H groups in total. The van der Waals surface area contributed by atoms with E-state index in [1.807, 2.05) is 18.2 Å². The van der Waals surface area contributed by atoms with Gasteiger partial charge >= 0.3 is 6.18 Å². The smallest absolute Gasteiger partial charge is 0.358 e. The maximum atomic E-state index is 12.4. The van der Waals surface area contributed by atoms with Crippen LogP contribution in [0.1, 0.15) is 31.0 Å². The normalized spacial score (nSPS) is 19.1. The highest BCUT2D eigenvalue weighted by atomic mass is 35.5. The van der Waals surface area contributed by atoms with Gasteiger partial charge in [-0.05, 0) is 43.0 Å². The summed E-state index contributed by atoms with van der Waals surface area (Å²) in [5.74, 6) is -1.62. The first-order chi connectivity index (χ1) is 11.2. The van der Waals surface area contributed by atoms with Crippen molar-refractivity contribution >= 4 is 28.4 Å². The number of aromatic nitrogens is 1. The zero-order valence-corrected chi connectivity index (χ0v) is 13.9. The molecule has 0 unspecified atom stereocenters. The Bertz CT molecular complexity index is 769. The number of amides is 1. The molecule has 1 amide bonds. The fraction of sp³-hybridized carbons (Fsp3) is 0.471. The average Bonchev–Trinajstić information content (AvgIpc) is 2.83. The summed E-state index contributed by atoms with van der Waals surface area (Å²) in [6.07, 6.45) is -3.37. The van der Waals surface area contributed by atoms with E-state index in [-0.39, 0.29) is 6.04 Å². The first kappa shape index (κ1) is 17.1. The number of carbonyl (C=O) groups excluding carboxylic acids is 1. The third kappa shape index (κ3) is 3.69. The monoisotopic (exact) mass is 358 g/mol. The molecule has 1 aliphatic carbocycles. The fourth-order valence-corrected chi connectivity index (χ4v) is 3.47. The number of aryl methyl sites for hydroxylation is 1. The van der Waals surface area contributed by atoms with E-state index in [0.29, 0.717) is 17.9 Å². The number of carbonyl (C=O) groups is 1. The molecule has 130 valence electrons. The van der Waals surface area contributed by atoms with Crippen LogP contribution in [0.4, 0.5) is 13.2 Å². The average molecular weight is 359 g/mol. The molecule has 1 heterocycles. The van der Waals surface area contributed by atoms with Gasteiger partial charge in [-0.2, -0.15) is 13.2 Å². The number of halogens is 4. The van der Waals surface area contributed by atoms with Crippen LogP contribution in [0.25, 0.3) is 10.9 Å². The quantitative estimate of drug-likeness (QED) is 0.840. The second kappa shape index (κ2) is 6.31. The van der Waals surface area contributed by atoms with Crippen molar-refractivity contribution < 1.29 is 18.0 Å². The minimum Gasteiger partial charge on any atom is -0.358 e. The van der Waals surface area contributed by atoms with E-state index in [9.17, 15) is 18.0 Å². The minimum absolute atomic E-state index is 0.154. The zero-order valence-electron chi connectivity index (χ0n) is 13.1. The highest BCUT2D eigenvalue weighted by Crippen LogP contribution is 2.31. The van der Waals surface area contributed by atoms with Crippen molar-refractivity contribution in [1.82, 2.24) is 10.3 Å². The van der Waals surface area contributed by atoms with Crippen LogP contribution in [0.2, 0.25) is 5.02 Å². The van der Waals surface area contributed by atoms with Crippen molar-refractivity contribution in [3.8, 4) is 0 Å². The molecule has 1 aromatic carbocycles. The lowest BCUT2D eigenvalue weighted by Gasteiger charge is -2.25. The molecule has 1 aliphatic rings. The maximum absolute atomic E-state index is 12.4. The van der Waals surface area contributed by atoms with Crippen LogP contribution in [0, 0.1) is 5.92 Å². The first-order valence-electron chi connectivity index (χ1n) is 7.89. The van der Waals surface area contributed by atoms with Gasteiger partial charge in [-0.25, -0.2) is 0 Å². The summed E-state index contributed by atoms with van der Waals surface area (Å²) in [4.78, 5) is 15.4. The van der Waals surface area contributed by atoms with E-state index < -0.39 is 24.4 Å². The summed E-state index contributed by atoms with van der Waals surface area (Å²) in [6.45, 7) is 1.31. The number of benzene rings is 1. The maximum Gasteiger partial charge on any atom is 0.389 e. The Hall–Kier alpha value is -1.69. The summed E-state index contributed by atoms with van der Waals surface area (Å²) >= 11 is 6.05. The van der Waals surface area contributed by atoms with Gasteiger partial charge in [0.2, 0.25) is 5.91 Å². The molecule has 0 fully saturated rings. The number of nitrogens with one attached hydrogen (secondary N) is 2. The van der Waals surface area contributed by atoms with Gasteiger partial charge in [0.15, 0.2) is 0 Å². The van der Waals surface area contributed by atoms with Gasteiger partial charge in [-0.1, -0.05) is 18.5 Å². The van der Waals surface area contributed by atoms with E-state index in [2.05, 4.69) is 10.3 Å². The van der Waals surface area contributed by atoms with E-state index >= 15 is 0 Å². The van der Waals surface area contributed by atoms with Gasteiger partial charge in [-0.15, -0.1) is 0 Å². The van der Waals surface area contributed by atoms with Gasteiger partial charge < -0.3 is 10.3 Å². The van der Waals surface area contributed by atoms with E-state index in [4.69, 9.17) is 11.6 Å². The third-order valence-electron chi connectivity index (χ3n) is 4.48. The van der Waals surface area contributed by atoms with Crippen LogP contribution < -0.4 is 5.32 Å². The van der Waals surface area contributed by atoms with Crippen LogP contribution in [0.15, 0.2) is 18.2 Å². The van der Waals surface area contributed by atoms with Crippen molar-refractivity contribution in [3.05, 3.63) is 34.5 Å². The van der Waals surface area contributed by atoms with Crippen molar-refractivity contribution in [2.24, 2.45) is 5.92 Å². The Morgan fingerprint density at radius 2 is 2.21 bits per heavy atom. The van der Waals surface area contributed by atoms with Crippen LogP contribution in [-0.4, -0.2) is 23.1 Å². The SMILES string of the molecule is C[C@H](CC(F)(F)F)C(=O)N[C@@H]1CCc2[nH]c3ccc(Cl)cc3c2C1. The van der Waals surface area contributed by atoms with E-state index in [1.54, 1.807) is 0 Å². The van der Waals surface area contributed by atoms with Gasteiger partial charge in [0, 0.05) is 33.6 Å². The summed E-state index contributed by atoms with van der Waals surface area (Å²) in [6, 6.07) is 5.44. The number of H-pyrrole nitrogens is 1. The number of alkyl halides is 3. The Morgan fingerprint density at radius 3 is 2.92 bits per heavy atom. The summed E-state index contributed by atoms with van der Waals surface area (Å²) in [7, 11) is 0. The molecule has 0 bridgehead atoms. The lowest BCUT2D eigenvalue weighted by Crippen LogP contribution is -2.42. The molecule has 0 aliphatic heterocycles. The molecule has 3 rings (SSSR count). The van der Waals surface area contributed by atoms with Crippen LogP contribution in [0.5, 0.6) is 0 Å². The van der Waals surface area contributed by atoms with Gasteiger partial charge in [0.25, 0.3) is 0 Å². The highest BCUT2D eigenvalue weighted by molar-refractivity contribution is 6.31. The second-order valence-corrected chi connectivity index (χ2v) is 6.88. The highest BCUT2D eigenvalue weighted by Gasteiger charge is 2.34. The molecule has 0 radical (unpaired) electrons. The van der Waals surface area contributed by atoms with E-state index in [1.165, 1.54) is 6.92 Å². The van der Waals surface area contributed by atoms with Crippen molar-refractivity contribution in [1.29, 1.82) is 0 Å². The zero-order chi connectivity index (χ0) is 17.5. The Kier molecular flexibility index (Phi) is 4.51. The summed E-state index contributed by atoms with van der Waals surface area (Å²) < 4.78 is 37.2. The molecular formula is C17H18ClF3N2O. The number of aromatic amines is 1. The van der Waals surface area contributed by atoms with Crippen LogP contribution in [-0.2, 0) is 17.6 Å². The standard InChI is InChI=1S/C17H18ClF3N2O/c1-9(8-17(19,20)21)16(24)22-11-3-5-15-13(7-11)12-6-10(18)2-4-14(12)23-15/h2,4,6,9,11,23H,3,5,7-8H2,1H3,(H,22,24)/t9-,11-/m1/s1. The molecule has 0 spiro atoms. The van der Waals surface area contributed by atoms with Gasteiger partial charge in [0.05, 0.1) is 6.42 Å². The Morgan fingerprint density at radius 1 is 1.46 bits per heavy atom. The molecule has 2 aromatic rings. The molecule has 2 atom stereocenters. The third-order valence-corrected chi connectivity index (χ3v) is 4.72. The first-order valence-corrected chi connectivity index (χ1v) is 8.27. The fourth-order valence-electron chi connectivity index (χ4n) is 3.30. The molecule has 0 saturated carbocycles. The molecule has 3 nitrogen and oxygen atoms in total. The van der Waals surface area contributed by atoms with Crippen molar-refractivity contribution in [2.75, 3.05) is 0 Å². The van der Waals surface area contributed by atoms with E-state index in [0.717, 1.165) is 28.6 Å². The number of hydrogen-bond acceptors (Lipinski definition) is 1. The molecule has 7 heteroatoms. The topological polar surface area (TPSA) is 44.9 Å². The second-order valence-electron chi connectivity index (χ2n) is 6.44. The molecule has 1 aromatic heterocycles. The number of rotatable bonds is 3. The Balaban J connectivity index is 1.72. The van der Waals surface area contributed by atoms with Gasteiger partial charge in [0.1, 0.15) is 0 Å². The van der Waals surface area contributed by atoms with Crippen molar-refractivity contribution in [3.63, 3.8) is 0 Å². The lowest BCUT2D eigenvalue weighted by molar-refractivity contribution is -0.153. The predicted octanol–water partition coefficient (Wildman–Crippen LogP) is 4.38. The molecule has 0 saturated heterocycles. The van der Waals surface area contributed by atoms with Crippen LogP contribution >= 0.6 is 11.6 Å². The number of hydrogen-bond donors (Lipinski definition) is 2. The lowest BCUT2D eigenvalue weighted by atomic mass is 9.91. The number of fused-ring (bicyclic) bond motifs is 3. The Labute approximate surface area is 142 Å². The summed E-state index contributed by atoms with van der Waals surface area (Å²) in [5, 5.41) is 4.41. The predicted molar refractivity (Wildman–Crippen MR) is 87.1 cm³/mol. The molecular weight excluding hydrogens is 341 g/mol. The molecule has 24 heavy (non-hydrogen) atoms. The van der Waals surface area contributed by atoms with Gasteiger partial charge in [-0.3, -0.25) is 4.79 Å². The van der Waals surface area contributed by atoms with Crippen molar-refractivity contribution in [2.45, 2.75) is 44.8 Å². The summed E-state index contributed by atoms with van der Waals surface area (Å²) in [5.41, 5.74) is 3.19. The largest absolute Gasteiger partial charge is 0.389 e. The minimum atomic E-state index is -4.33. The van der Waals surface area contributed by atoms with Crippen LogP contribution in [0.3, 0.4) is 0 Å².